The highest BCUT2D eigenvalue weighted by Gasteiger charge is 2.47. The lowest BCUT2D eigenvalue weighted by molar-refractivity contribution is 0.245. The fraction of sp³-hybridized carbons (Fsp3) is 0.407. The summed E-state index contributed by atoms with van der Waals surface area (Å²) in [4.78, 5) is 29.3. The van der Waals surface area contributed by atoms with E-state index in [2.05, 4.69) is 29.1 Å². The fourth-order valence-corrected chi connectivity index (χ4v) is 6.06. The maximum atomic E-state index is 13.3. The van der Waals surface area contributed by atoms with Gasteiger partial charge in [0.2, 0.25) is 0 Å². The van der Waals surface area contributed by atoms with Gasteiger partial charge in [0.25, 0.3) is 0 Å². The number of rotatable bonds is 5. The molecule has 0 atom stereocenters. The molecule has 9 heteroatoms. The van der Waals surface area contributed by atoms with Gasteiger partial charge in [-0.3, -0.25) is 4.90 Å². The van der Waals surface area contributed by atoms with Gasteiger partial charge in [-0.05, 0) is 48.6 Å². The van der Waals surface area contributed by atoms with Gasteiger partial charge >= 0.3 is 6.03 Å². The zero-order valence-electron chi connectivity index (χ0n) is 20.9. The van der Waals surface area contributed by atoms with E-state index in [9.17, 15) is 13.2 Å². The van der Waals surface area contributed by atoms with Crippen molar-refractivity contribution >= 4 is 21.6 Å². The molecule has 5 rings (SSSR count). The highest BCUT2D eigenvalue weighted by atomic mass is 32.2. The number of carbonyl (C=O) groups is 1. The summed E-state index contributed by atoms with van der Waals surface area (Å²) in [5.74, 6) is 0.243. The number of urea groups is 1. The molecule has 188 valence electrons. The van der Waals surface area contributed by atoms with Gasteiger partial charge < -0.3 is 5.32 Å². The average Bonchev–Trinajstić information content (AvgIpc) is 3.47. The van der Waals surface area contributed by atoms with Crippen molar-refractivity contribution in [2.75, 3.05) is 17.7 Å². The minimum Gasteiger partial charge on any atom is -0.334 e. The molecule has 1 aliphatic carbocycles. The number of sulfone groups is 1. The van der Waals surface area contributed by atoms with Crippen molar-refractivity contribution in [3.05, 3.63) is 65.9 Å². The Morgan fingerprint density at radius 1 is 1.11 bits per heavy atom. The van der Waals surface area contributed by atoms with Gasteiger partial charge in [-0.15, -0.1) is 0 Å². The first-order valence-electron chi connectivity index (χ1n) is 12.3. The SMILES string of the molecule is CC(C)c1ncncc1-c1ccc2c(n1)C1(CCCC1)CN2C(=O)NCc1ccc(S(C)(=O)=O)cc1. The Kier molecular flexibility index (Phi) is 6.28. The lowest BCUT2D eigenvalue weighted by Gasteiger charge is -2.24. The van der Waals surface area contributed by atoms with E-state index in [1.165, 1.54) is 6.26 Å². The van der Waals surface area contributed by atoms with E-state index in [1.807, 2.05) is 23.2 Å². The van der Waals surface area contributed by atoms with Crippen LogP contribution in [0, 0.1) is 0 Å². The largest absolute Gasteiger partial charge is 0.334 e. The summed E-state index contributed by atoms with van der Waals surface area (Å²) in [5, 5.41) is 3.01. The molecule has 3 heterocycles. The van der Waals surface area contributed by atoms with Crippen molar-refractivity contribution < 1.29 is 13.2 Å². The number of amides is 2. The minimum absolute atomic E-state index is 0.131. The third-order valence-electron chi connectivity index (χ3n) is 7.29. The fourth-order valence-electron chi connectivity index (χ4n) is 5.42. The smallest absolute Gasteiger partial charge is 0.322 e. The van der Waals surface area contributed by atoms with E-state index in [4.69, 9.17) is 4.98 Å². The molecule has 2 aromatic heterocycles. The first kappa shape index (κ1) is 24.4. The molecule has 1 fully saturated rings. The Morgan fingerprint density at radius 2 is 1.83 bits per heavy atom. The van der Waals surface area contributed by atoms with E-state index >= 15 is 0 Å². The molecular weight excluding hydrogens is 474 g/mol. The third-order valence-corrected chi connectivity index (χ3v) is 8.42. The number of carbonyl (C=O) groups excluding carboxylic acids is 1. The van der Waals surface area contributed by atoms with Gasteiger partial charge in [-0.2, -0.15) is 0 Å². The Morgan fingerprint density at radius 3 is 2.50 bits per heavy atom. The number of benzene rings is 1. The number of hydrogen-bond acceptors (Lipinski definition) is 6. The van der Waals surface area contributed by atoms with Crippen molar-refractivity contribution in [2.45, 2.75) is 62.3 Å². The summed E-state index contributed by atoms with van der Waals surface area (Å²) in [6.07, 6.45) is 8.85. The van der Waals surface area contributed by atoms with E-state index in [-0.39, 0.29) is 22.3 Å². The molecule has 1 aromatic carbocycles. The number of aromatic nitrogens is 3. The second-order valence-corrected chi connectivity index (χ2v) is 12.2. The predicted molar refractivity (Wildman–Crippen MR) is 139 cm³/mol. The van der Waals surface area contributed by atoms with Gasteiger partial charge in [0, 0.05) is 36.5 Å². The summed E-state index contributed by atoms with van der Waals surface area (Å²) < 4.78 is 23.4. The number of nitrogens with one attached hydrogen (secondary N) is 1. The van der Waals surface area contributed by atoms with Crippen molar-refractivity contribution in [1.82, 2.24) is 20.3 Å². The zero-order valence-corrected chi connectivity index (χ0v) is 21.7. The molecular formula is C27H31N5O3S. The molecule has 3 aromatic rings. The zero-order chi connectivity index (χ0) is 25.5. The van der Waals surface area contributed by atoms with Crippen LogP contribution in [0.1, 0.15) is 62.4 Å². The van der Waals surface area contributed by atoms with Crippen LogP contribution in [0.4, 0.5) is 10.5 Å². The summed E-state index contributed by atoms with van der Waals surface area (Å²) >= 11 is 0. The predicted octanol–water partition coefficient (Wildman–Crippen LogP) is 4.61. The van der Waals surface area contributed by atoms with Gasteiger partial charge in [0.15, 0.2) is 9.84 Å². The van der Waals surface area contributed by atoms with Gasteiger partial charge in [-0.1, -0.05) is 38.8 Å². The molecule has 1 aliphatic heterocycles. The molecule has 2 amide bonds. The molecule has 1 saturated carbocycles. The summed E-state index contributed by atoms with van der Waals surface area (Å²) in [6, 6.07) is 10.4. The molecule has 1 N–H and O–H groups in total. The molecule has 0 saturated heterocycles. The lowest BCUT2D eigenvalue weighted by Crippen LogP contribution is -2.41. The molecule has 1 spiro atoms. The van der Waals surface area contributed by atoms with Crippen molar-refractivity contribution in [1.29, 1.82) is 0 Å². The highest BCUT2D eigenvalue weighted by molar-refractivity contribution is 7.90. The first-order valence-corrected chi connectivity index (χ1v) is 14.2. The number of nitrogens with zero attached hydrogens (tertiary/aromatic N) is 4. The molecule has 0 bridgehead atoms. The van der Waals surface area contributed by atoms with Crippen LogP contribution in [0.2, 0.25) is 0 Å². The second-order valence-electron chi connectivity index (χ2n) is 10.2. The molecule has 0 unspecified atom stereocenters. The van der Waals surface area contributed by atoms with Crippen molar-refractivity contribution in [3.8, 4) is 11.3 Å². The summed E-state index contributed by atoms with van der Waals surface area (Å²) in [5.41, 5.74) is 5.29. The maximum absolute atomic E-state index is 13.3. The minimum atomic E-state index is -3.25. The average molecular weight is 506 g/mol. The van der Waals surface area contributed by atoms with Crippen LogP contribution in [-0.2, 0) is 21.8 Å². The number of fused-ring (bicyclic) bond motifs is 2. The van der Waals surface area contributed by atoms with Crippen LogP contribution in [0.25, 0.3) is 11.3 Å². The van der Waals surface area contributed by atoms with Crippen LogP contribution in [0.15, 0.2) is 53.8 Å². The van der Waals surface area contributed by atoms with E-state index in [1.54, 1.807) is 30.6 Å². The number of pyridine rings is 1. The number of hydrogen-bond donors (Lipinski definition) is 1. The van der Waals surface area contributed by atoms with E-state index in [0.29, 0.717) is 13.1 Å². The van der Waals surface area contributed by atoms with Gasteiger partial charge in [0.05, 0.1) is 27.7 Å². The van der Waals surface area contributed by atoms with E-state index in [0.717, 1.165) is 59.6 Å². The number of anilines is 1. The van der Waals surface area contributed by atoms with Crippen LogP contribution in [0.3, 0.4) is 0 Å². The molecule has 0 radical (unpaired) electrons. The Labute approximate surface area is 212 Å². The topological polar surface area (TPSA) is 105 Å². The standard InChI is InChI=1S/C27H31N5O3S/c1-18(2)24-21(15-28-17-30-24)22-10-11-23-25(31-22)27(12-4-5-13-27)16-32(23)26(33)29-14-19-6-8-20(9-7-19)36(3,34)35/h6-11,15,17-18H,4-5,12-14,16H2,1-3H3,(H,29,33). The normalized spacial score (nSPS) is 16.5. The van der Waals surface area contributed by atoms with E-state index < -0.39 is 9.84 Å². The van der Waals surface area contributed by atoms with Gasteiger partial charge in [0.1, 0.15) is 6.33 Å². The van der Waals surface area contributed by atoms with Crippen molar-refractivity contribution in [3.63, 3.8) is 0 Å². The highest BCUT2D eigenvalue weighted by Crippen LogP contribution is 2.50. The Bertz CT molecular complexity index is 1400. The van der Waals surface area contributed by atoms with Crippen LogP contribution in [0.5, 0.6) is 0 Å². The summed E-state index contributed by atoms with van der Waals surface area (Å²) in [6.45, 7) is 5.14. The lowest BCUT2D eigenvalue weighted by atomic mass is 9.84. The molecule has 36 heavy (non-hydrogen) atoms. The monoisotopic (exact) mass is 505 g/mol. The van der Waals surface area contributed by atoms with Crippen molar-refractivity contribution in [2.24, 2.45) is 0 Å². The third kappa shape index (κ3) is 4.48. The molecule has 2 aliphatic rings. The summed E-state index contributed by atoms with van der Waals surface area (Å²) in [7, 11) is -3.25. The Balaban J connectivity index is 1.41. The quantitative estimate of drug-likeness (QED) is 0.543. The second kappa shape index (κ2) is 9.28. The maximum Gasteiger partial charge on any atom is 0.322 e. The Hall–Kier alpha value is -3.33. The van der Waals surface area contributed by atoms with Gasteiger partial charge in [-0.25, -0.2) is 28.2 Å². The van der Waals surface area contributed by atoms with Crippen LogP contribution < -0.4 is 10.2 Å². The van der Waals surface area contributed by atoms with Crippen LogP contribution in [-0.4, -0.2) is 42.2 Å². The molecule has 8 nitrogen and oxygen atoms in total. The van der Waals surface area contributed by atoms with Crippen LogP contribution >= 0.6 is 0 Å². The first-order chi connectivity index (χ1) is 17.2.